The predicted molar refractivity (Wildman–Crippen MR) is 134 cm³/mol. The molecule has 186 valence electrons. The molecule has 4 aliphatic carbocycles. The van der Waals surface area contributed by atoms with E-state index in [-0.39, 0.29) is 38.9 Å². The van der Waals surface area contributed by atoms with Gasteiger partial charge in [0.1, 0.15) is 5.78 Å². The van der Waals surface area contributed by atoms with Crippen molar-refractivity contribution in [3.63, 3.8) is 0 Å². The Bertz CT molecular complexity index is 1030. The molecule has 4 rings (SSSR count). The van der Waals surface area contributed by atoms with Crippen LogP contribution in [0.5, 0.6) is 0 Å². The van der Waals surface area contributed by atoms with E-state index in [1.807, 2.05) is 0 Å². The number of fused-ring (bicyclic) bond motifs is 3. The molecule has 0 amide bonds. The number of hydrogen-bond donors (Lipinski definition) is 1. The maximum absolute atomic E-state index is 12.8. The van der Waals surface area contributed by atoms with Crippen molar-refractivity contribution in [3.05, 3.63) is 34.9 Å². The Balaban J connectivity index is 1.72. The van der Waals surface area contributed by atoms with Gasteiger partial charge in [-0.25, -0.2) is 4.79 Å². The Morgan fingerprint density at radius 3 is 2.38 bits per heavy atom. The third kappa shape index (κ3) is 3.27. The van der Waals surface area contributed by atoms with E-state index >= 15 is 0 Å². The molecule has 2 fully saturated rings. The summed E-state index contributed by atoms with van der Waals surface area (Å²) in [5.41, 5.74) is 4.24. The number of hydrogen-bond acceptors (Lipinski definition) is 3. The average Bonchev–Trinajstić information content (AvgIpc) is 3.27. The summed E-state index contributed by atoms with van der Waals surface area (Å²) in [6.07, 6.45) is 9.49. The molecular formula is C30H42O4. The molecule has 4 nitrogen and oxygen atoms in total. The van der Waals surface area contributed by atoms with Crippen LogP contribution in [0, 0.1) is 33.5 Å². The SMILES string of the molecule is C=C1CC[C@@](C)([C@H](C)CC(=O)/C=C(\C)C(=O)O)[C@]12CCC1=C2CC[C@H]2C(C)(C)C(=O)CC[C@]12C. The summed E-state index contributed by atoms with van der Waals surface area (Å²) in [4.78, 5) is 36.8. The second-order valence-electron chi connectivity index (χ2n) is 12.7. The van der Waals surface area contributed by atoms with E-state index in [0.29, 0.717) is 24.5 Å². The van der Waals surface area contributed by atoms with E-state index in [4.69, 9.17) is 0 Å². The van der Waals surface area contributed by atoms with Crippen molar-refractivity contribution in [1.29, 1.82) is 0 Å². The van der Waals surface area contributed by atoms with Gasteiger partial charge in [0.15, 0.2) is 5.78 Å². The molecule has 2 saturated carbocycles. The first-order valence-electron chi connectivity index (χ1n) is 13.1. The van der Waals surface area contributed by atoms with E-state index in [9.17, 15) is 19.5 Å². The quantitative estimate of drug-likeness (QED) is 0.355. The Kier molecular flexibility index (Phi) is 5.94. The van der Waals surface area contributed by atoms with Crippen LogP contribution in [0.4, 0.5) is 0 Å². The fraction of sp³-hybridized carbons (Fsp3) is 0.700. The van der Waals surface area contributed by atoms with E-state index in [1.165, 1.54) is 18.6 Å². The lowest BCUT2D eigenvalue weighted by Gasteiger charge is -2.55. The van der Waals surface area contributed by atoms with Crippen LogP contribution in [0.15, 0.2) is 34.9 Å². The minimum absolute atomic E-state index is 0.0681. The third-order valence-electron chi connectivity index (χ3n) is 11.1. The minimum atomic E-state index is -1.04. The predicted octanol–water partition coefficient (Wildman–Crippen LogP) is 6.85. The van der Waals surface area contributed by atoms with Gasteiger partial charge in [0.05, 0.1) is 0 Å². The fourth-order valence-corrected chi connectivity index (χ4v) is 8.87. The highest BCUT2D eigenvalue weighted by Gasteiger charge is 2.64. The number of allylic oxidation sites excluding steroid dienone is 4. The molecule has 0 bridgehead atoms. The van der Waals surface area contributed by atoms with Crippen LogP contribution in [0.1, 0.15) is 99.3 Å². The normalized spacial score (nSPS) is 38.2. The number of carbonyl (C=O) groups is 3. The number of rotatable bonds is 5. The molecule has 34 heavy (non-hydrogen) atoms. The number of carboxylic acids is 1. The highest BCUT2D eigenvalue weighted by Crippen LogP contribution is 2.73. The van der Waals surface area contributed by atoms with Gasteiger partial charge in [-0.2, -0.15) is 0 Å². The molecule has 0 aromatic rings. The fourth-order valence-electron chi connectivity index (χ4n) is 8.87. The van der Waals surface area contributed by atoms with Crippen molar-refractivity contribution in [2.45, 2.75) is 99.3 Å². The van der Waals surface area contributed by atoms with Gasteiger partial charge in [-0.15, -0.1) is 0 Å². The molecule has 0 aliphatic heterocycles. The van der Waals surface area contributed by atoms with E-state index in [2.05, 4.69) is 41.2 Å². The zero-order valence-electron chi connectivity index (χ0n) is 22.0. The van der Waals surface area contributed by atoms with Gasteiger partial charge >= 0.3 is 5.97 Å². The molecule has 4 heteroatoms. The minimum Gasteiger partial charge on any atom is -0.478 e. The van der Waals surface area contributed by atoms with Crippen LogP contribution in [-0.2, 0) is 14.4 Å². The van der Waals surface area contributed by atoms with Crippen molar-refractivity contribution in [1.82, 2.24) is 0 Å². The molecule has 4 aliphatic rings. The molecule has 1 N–H and O–H groups in total. The monoisotopic (exact) mass is 466 g/mol. The Labute approximate surface area is 205 Å². The molecule has 0 unspecified atom stereocenters. The molecule has 0 heterocycles. The van der Waals surface area contributed by atoms with Gasteiger partial charge in [-0.1, -0.05) is 57.9 Å². The van der Waals surface area contributed by atoms with Gasteiger partial charge in [0.2, 0.25) is 0 Å². The highest BCUT2D eigenvalue weighted by atomic mass is 16.4. The highest BCUT2D eigenvalue weighted by molar-refractivity contribution is 5.98. The van der Waals surface area contributed by atoms with Crippen molar-refractivity contribution in [2.75, 3.05) is 0 Å². The van der Waals surface area contributed by atoms with E-state index in [1.54, 1.807) is 11.1 Å². The molecule has 0 radical (unpaired) electrons. The lowest BCUT2D eigenvalue weighted by molar-refractivity contribution is -0.139. The molecular weight excluding hydrogens is 424 g/mol. The van der Waals surface area contributed by atoms with Gasteiger partial charge in [0.25, 0.3) is 0 Å². The van der Waals surface area contributed by atoms with Crippen LogP contribution in [0.3, 0.4) is 0 Å². The second-order valence-corrected chi connectivity index (χ2v) is 12.7. The first kappa shape index (κ1) is 25.1. The Morgan fingerprint density at radius 2 is 1.74 bits per heavy atom. The number of ketones is 2. The van der Waals surface area contributed by atoms with Gasteiger partial charge in [-0.3, -0.25) is 9.59 Å². The molecule has 0 aromatic heterocycles. The molecule has 0 saturated heterocycles. The number of carboxylic acid groups (broad SMARTS) is 1. The second kappa shape index (κ2) is 8.03. The molecule has 1 spiro atoms. The smallest absolute Gasteiger partial charge is 0.331 e. The maximum atomic E-state index is 12.8. The van der Waals surface area contributed by atoms with Crippen LogP contribution in [-0.4, -0.2) is 22.6 Å². The Morgan fingerprint density at radius 1 is 1.06 bits per heavy atom. The summed E-state index contributed by atoms with van der Waals surface area (Å²) in [6, 6.07) is 0. The summed E-state index contributed by atoms with van der Waals surface area (Å²) < 4.78 is 0. The standard InChI is InChI=1S/C30H42O4/c1-18(26(33)34)16-21(31)17-20(3)29(7)14-10-19(2)30(29)15-11-22-23(30)8-9-24-27(4,5)25(32)12-13-28(22,24)6/h16,20,24H,2,8-15,17H2,1,3-7H3,(H,33,34)/b18-16+/t20-,24+,28-,29+,30-/m1/s1. The lowest BCUT2D eigenvalue weighted by Crippen LogP contribution is -2.50. The first-order chi connectivity index (χ1) is 15.7. The zero-order chi connectivity index (χ0) is 25.3. The van der Waals surface area contributed by atoms with Crippen LogP contribution in [0.25, 0.3) is 0 Å². The van der Waals surface area contributed by atoms with Gasteiger partial charge in [-0.05, 0) is 80.6 Å². The number of Topliss-reactive ketones (excluding diaryl/α,β-unsaturated/α-hetero) is 1. The van der Waals surface area contributed by atoms with Crippen molar-refractivity contribution < 1.29 is 19.5 Å². The molecule has 5 atom stereocenters. The number of aliphatic carboxylic acids is 1. The zero-order valence-corrected chi connectivity index (χ0v) is 22.0. The van der Waals surface area contributed by atoms with E-state index in [0.717, 1.165) is 44.9 Å². The maximum Gasteiger partial charge on any atom is 0.331 e. The largest absolute Gasteiger partial charge is 0.478 e. The Hall–Kier alpha value is -1.97. The van der Waals surface area contributed by atoms with Crippen LogP contribution in [0.2, 0.25) is 0 Å². The summed E-state index contributed by atoms with van der Waals surface area (Å²) in [5.74, 6) is -0.212. The first-order valence-corrected chi connectivity index (χ1v) is 13.1. The van der Waals surface area contributed by atoms with Crippen molar-refractivity contribution in [3.8, 4) is 0 Å². The summed E-state index contributed by atoms with van der Waals surface area (Å²) in [7, 11) is 0. The topological polar surface area (TPSA) is 71.4 Å². The average molecular weight is 467 g/mol. The van der Waals surface area contributed by atoms with Gasteiger partial charge < -0.3 is 5.11 Å². The third-order valence-corrected chi connectivity index (χ3v) is 11.1. The van der Waals surface area contributed by atoms with Crippen LogP contribution < -0.4 is 0 Å². The van der Waals surface area contributed by atoms with Crippen molar-refractivity contribution in [2.24, 2.45) is 33.5 Å². The number of carbonyl (C=O) groups excluding carboxylic acids is 2. The lowest BCUT2D eigenvalue weighted by atomic mass is 9.48. The van der Waals surface area contributed by atoms with Crippen LogP contribution >= 0.6 is 0 Å². The summed E-state index contributed by atoms with van der Waals surface area (Å²) >= 11 is 0. The molecule has 0 aromatic carbocycles. The van der Waals surface area contributed by atoms with E-state index < -0.39 is 5.97 Å². The van der Waals surface area contributed by atoms with Crippen molar-refractivity contribution >= 4 is 17.5 Å². The van der Waals surface area contributed by atoms with Gasteiger partial charge in [0, 0.05) is 29.2 Å². The summed E-state index contributed by atoms with van der Waals surface area (Å²) in [6.45, 7) is 17.4. The summed E-state index contributed by atoms with van der Waals surface area (Å²) in [5, 5.41) is 9.17.